The normalized spacial score (nSPS) is 17.8. The van der Waals surface area contributed by atoms with E-state index in [-0.39, 0.29) is 36.3 Å². The van der Waals surface area contributed by atoms with Crippen LogP contribution in [0.4, 0.5) is 0 Å². The van der Waals surface area contributed by atoms with Gasteiger partial charge in [-0.05, 0) is 77.6 Å². The molecule has 6 rings (SSSR count). The van der Waals surface area contributed by atoms with E-state index in [0.29, 0.717) is 0 Å². The second-order valence-corrected chi connectivity index (χ2v) is 14.8. The fourth-order valence-electron chi connectivity index (χ4n) is 7.81. The van der Waals surface area contributed by atoms with Crippen molar-refractivity contribution < 1.29 is 28.4 Å². The minimum atomic E-state index is -0.0825. The molecular weight excluding hydrogens is 649 g/mol. The molecule has 0 saturated heterocycles. The standard InChI is InChI=1S/C46H58O6/c1-9-13-29(5)47-33-17-21-37-41(25-33)51-42-26-34(48-30(6)14-10-2)18-22-38(42)45(37)46-39-23-19-35(49-31(7)15-11-3)27-43(39)52-44-28-36(20-24-40(44)46)50-32(8)16-12-4/h17-32,45-46H,9-16H2,1-8H3. The van der Waals surface area contributed by atoms with Gasteiger partial charge in [-0.3, -0.25) is 0 Å². The number of hydrogen-bond donors (Lipinski definition) is 0. The Labute approximate surface area is 311 Å². The van der Waals surface area contributed by atoms with Crippen LogP contribution in [0.3, 0.4) is 0 Å². The molecule has 6 nitrogen and oxygen atoms in total. The van der Waals surface area contributed by atoms with Gasteiger partial charge in [0.25, 0.3) is 0 Å². The van der Waals surface area contributed by atoms with E-state index in [2.05, 4.69) is 128 Å². The molecule has 0 spiro atoms. The summed E-state index contributed by atoms with van der Waals surface area (Å²) in [6, 6.07) is 25.4. The lowest BCUT2D eigenvalue weighted by Gasteiger charge is -2.38. The molecule has 0 saturated carbocycles. The highest BCUT2D eigenvalue weighted by molar-refractivity contribution is 5.65. The molecule has 2 heterocycles. The van der Waals surface area contributed by atoms with Gasteiger partial charge < -0.3 is 28.4 Å². The molecule has 0 radical (unpaired) electrons. The highest BCUT2D eigenvalue weighted by Gasteiger charge is 2.41. The molecule has 2 aliphatic rings. The minimum absolute atomic E-state index is 0.0825. The summed E-state index contributed by atoms with van der Waals surface area (Å²) in [5.74, 6) is 6.27. The van der Waals surface area contributed by atoms with E-state index >= 15 is 0 Å². The Morgan fingerprint density at radius 3 is 0.846 bits per heavy atom. The lowest BCUT2D eigenvalue weighted by molar-refractivity contribution is 0.207. The molecule has 0 aromatic heterocycles. The van der Waals surface area contributed by atoms with Crippen LogP contribution in [0, 0.1) is 0 Å². The predicted octanol–water partition coefficient (Wildman–Crippen LogP) is 13.1. The van der Waals surface area contributed by atoms with Crippen LogP contribution in [-0.2, 0) is 0 Å². The van der Waals surface area contributed by atoms with Crippen molar-refractivity contribution in [2.24, 2.45) is 0 Å². The molecule has 0 N–H and O–H groups in total. The van der Waals surface area contributed by atoms with Gasteiger partial charge >= 0.3 is 0 Å². The third kappa shape index (κ3) is 8.48. The predicted molar refractivity (Wildman–Crippen MR) is 210 cm³/mol. The first-order chi connectivity index (χ1) is 25.2. The zero-order valence-corrected chi connectivity index (χ0v) is 32.5. The number of hydrogen-bond acceptors (Lipinski definition) is 6. The smallest absolute Gasteiger partial charge is 0.134 e. The third-order valence-corrected chi connectivity index (χ3v) is 10.2. The van der Waals surface area contributed by atoms with Crippen LogP contribution in [0.2, 0.25) is 0 Å². The Hall–Kier alpha value is -4.32. The zero-order valence-electron chi connectivity index (χ0n) is 32.5. The van der Waals surface area contributed by atoms with Gasteiger partial charge in [0, 0.05) is 58.4 Å². The maximum absolute atomic E-state index is 6.78. The first-order valence-corrected chi connectivity index (χ1v) is 19.8. The SMILES string of the molecule is CCCC(C)Oc1ccc2c(c1)Oc1cc(OC(C)CCC)ccc1C2C1c2ccc(OC(C)CCC)cc2Oc2cc(OC(C)CCC)ccc21. The highest BCUT2D eigenvalue weighted by Crippen LogP contribution is 2.59. The number of rotatable bonds is 17. The van der Waals surface area contributed by atoms with Crippen molar-refractivity contribution in [1.29, 1.82) is 0 Å². The summed E-state index contributed by atoms with van der Waals surface area (Å²) in [6.45, 7) is 17.2. The van der Waals surface area contributed by atoms with Crippen LogP contribution in [-0.4, -0.2) is 24.4 Å². The molecule has 0 fully saturated rings. The maximum atomic E-state index is 6.78. The van der Waals surface area contributed by atoms with Crippen molar-refractivity contribution in [1.82, 2.24) is 0 Å². The van der Waals surface area contributed by atoms with E-state index in [4.69, 9.17) is 28.4 Å². The molecule has 0 aliphatic carbocycles. The molecular formula is C46H58O6. The summed E-state index contributed by atoms with van der Waals surface area (Å²) >= 11 is 0. The highest BCUT2D eigenvalue weighted by atomic mass is 16.5. The van der Waals surface area contributed by atoms with Crippen LogP contribution >= 0.6 is 0 Å². The van der Waals surface area contributed by atoms with Gasteiger partial charge in [-0.2, -0.15) is 0 Å². The van der Waals surface area contributed by atoms with Crippen molar-refractivity contribution in [3.8, 4) is 46.0 Å². The molecule has 6 heteroatoms. The Kier molecular flexibility index (Phi) is 12.2. The lowest BCUT2D eigenvalue weighted by atomic mass is 9.71. The van der Waals surface area contributed by atoms with Gasteiger partial charge in [0.15, 0.2) is 0 Å². The van der Waals surface area contributed by atoms with Crippen LogP contribution in [0.15, 0.2) is 72.8 Å². The minimum Gasteiger partial charge on any atom is -0.491 e. The number of fused-ring (bicyclic) bond motifs is 4. The van der Waals surface area contributed by atoms with Crippen LogP contribution < -0.4 is 28.4 Å². The van der Waals surface area contributed by atoms with Gasteiger partial charge in [-0.25, -0.2) is 0 Å². The summed E-state index contributed by atoms with van der Waals surface area (Å²) in [5.41, 5.74) is 4.42. The molecule has 278 valence electrons. The van der Waals surface area contributed by atoms with Crippen molar-refractivity contribution in [3.05, 3.63) is 95.1 Å². The quantitative estimate of drug-likeness (QED) is 0.109. The average molecular weight is 707 g/mol. The molecule has 4 unspecified atom stereocenters. The molecule has 2 aliphatic heterocycles. The van der Waals surface area contributed by atoms with E-state index in [9.17, 15) is 0 Å². The molecule has 4 aromatic rings. The van der Waals surface area contributed by atoms with Gasteiger partial charge in [-0.15, -0.1) is 0 Å². The molecule has 52 heavy (non-hydrogen) atoms. The lowest BCUT2D eigenvalue weighted by Crippen LogP contribution is -2.22. The van der Waals surface area contributed by atoms with Crippen LogP contribution in [0.5, 0.6) is 46.0 Å². The second kappa shape index (κ2) is 17.0. The van der Waals surface area contributed by atoms with E-state index in [1.807, 2.05) is 0 Å². The van der Waals surface area contributed by atoms with E-state index in [0.717, 1.165) is 120 Å². The Morgan fingerprint density at radius 1 is 0.404 bits per heavy atom. The van der Waals surface area contributed by atoms with Crippen molar-refractivity contribution in [2.75, 3.05) is 0 Å². The Bertz CT molecular complexity index is 1540. The largest absolute Gasteiger partial charge is 0.491 e. The summed E-state index contributed by atoms with van der Waals surface area (Å²) in [4.78, 5) is 0. The van der Waals surface area contributed by atoms with Crippen LogP contribution in [0.1, 0.15) is 141 Å². The van der Waals surface area contributed by atoms with E-state index in [1.54, 1.807) is 0 Å². The van der Waals surface area contributed by atoms with Crippen molar-refractivity contribution >= 4 is 0 Å². The number of ether oxygens (including phenoxy) is 6. The van der Waals surface area contributed by atoms with Gasteiger partial charge in [-0.1, -0.05) is 77.6 Å². The van der Waals surface area contributed by atoms with Crippen molar-refractivity contribution in [2.45, 2.75) is 143 Å². The van der Waals surface area contributed by atoms with Crippen molar-refractivity contribution in [3.63, 3.8) is 0 Å². The topological polar surface area (TPSA) is 55.4 Å². The molecule has 0 amide bonds. The molecule has 4 aromatic carbocycles. The third-order valence-electron chi connectivity index (χ3n) is 10.2. The monoisotopic (exact) mass is 706 g/mol. The first kappa shape index (κ1) is 37.4. The number of benzene rings is 4. The fraction of sp³-hybridized carbons (Fsp3) is 0.478. The summed E-state index contributed by atoms with van der Waals surface area (Å²) < 4.78 is 39.1. The molecule has 4 atom stereocenters. The van der Waals surface area contributed by atoms with E-state index in [1.165, 1.54) is 0 Å². The fourth-order valence-corrected chi connectivity index (χ4v) is 7.81. The molecule has 0 bridgehead atoms. The Balaban J connectivity index is 1.49. The summed E-state index contributed by atoms with van der Waals surface area (Å²) in [5, 5.41) is 0. The maximum Gasteiger partial charge on any atom is 0.134 e. The Morgan fingerprint density at radius 2 is 0.635 bits per heavy atom. The summed E-state index contributed by atoms with van der Waals surface area (Å²) in [6.07, 6.45) is 8.64. The van der Waals surface area contributed by atoms with E-state index < -0.39 is 0 Å². The van der Waals surface area contributed by atoms with Gasteiger partial charge in [0.2, 0.25) is 0 Å². The van der Waals surface area contributed by atoms with Gasteiger partial charge in [0.05, 0.1) is 24.4 Å². The van der Waals surface area contributed by atoms with Crippen LogP contribution in [0.25, 0.3) is 0 Å². The van der Waals surface area contributed by atoms with Gasteiger partial charge in [0.1, 0.15) is 46.0 Å². The first-order valence-electron chi connectivity index (χ1n) is 19.8. The summed E-state index contributed by atoms with van der Waals surface area (Å²) in [7, 11) is 0. The second-order valence-electron chi connectivity index (χ2n) is 14.8. The average Bonchev–Trinajstić information content (AvgIpc) is 3.10. The zero-order chi connectivity index (χ0) is 36.8.